The number of nitrogens with zero attached hydrogens (tertiary/aromatic N) is 1. The first-order chi connectivity index (χ1) is 5.75. The Bertz CT molecular complexity index is 165. The van der Waals surface area contributed by atoms with Gasteiger partial charge in [-0.1, -0.05) is 25.7 Å². The highest BCUT2D eigenvalue weighted by atomic mass is 19.1. The fourth-order valence-electron chi connectivity index (χ4n) is 2.20. The maximum absolute atomic E-state index is 13.1. The van der Waals surface area contributed by atoms with Gasteiger partial charge in [0.2, 0.25) is 0 Å². The van der Waals surface area contributed by atoms with Crippen molar-refractivity contribution in [1.29, 1.82) is 5.26 Å². The van der Waals surface area contributed by atoms with Crippen LogP contribution in [0.25, 0.3) is 0 Å². The van der Waals surface area contributed by atoms with E-state index in [4.69, 9.17) is 5.26 Å². The summed E-state index contributed by atoms with van der Waals surface area (Å²) < 4.78 is 13.1. The summed E-state index contributed by atoms with van der Waals surface area (Å²) >= 11 is 0. The highest BCUT2D eigenvalue weighted by Crippen LogP contribution is 2.35. The van der Waals surface area contributed by atoms with E-state index >= 15 is 0 Å². The van der Waals surface area contributed by atoms with E-state index in [1.165, 1.54) is 12.8 Å². The number of rotatable bonds is 3. The summed E-state index contributed by atoms with van der Waals surface area (Å²) in [6.45, 7) is 1.58. The zero-order chi connectivity index (χ0) is 8.97. The molecule has 1 saturated carbocycles. The summed E-state index contributed by atoms with van der Waals surface area (Å²) in [5.74, 6) is 0.474. The lowest BCUT2D eigenvalue weighted by Crippen LogP contribution is -2.20. The van der Waals surface area contributed by atoms with Gasteiger partial charge >= 0.3 is 0 Å². The molecular formula is C10H16FN. The molecule has 0 N–H and O–H groups in total. The van der Waals surface area contributed by atoms with Crippen LogP contribution in [0.4, 0.5) is 4.39 Å². The van der Waals surface area contributed by atoms with Gasteiger partial charge in [0.05, 0.1) is 6.07 Å². The minimum atomic E-state index is -0.812. The molecule has 0 radical (unpaired) electrons. The summed E-state index contributed by atoms with van der Waals surface area (Å²) in [5.41, 5.74) is 0. The van der Waals surface area contributed by atoms with Crippen molar-refractivity contribution in [3.63, 3.8) is 0 Å². The number of alkyl halides is 1. The van der Waals surface area contributed by atoms with Gasteiger partial charge in [0.1, 0.15) is 6.17 Å². The van der Waals surface area contributed by atoms with Crippen LogP contribution in [0, 0.1) is 23.2 Å². The van der Waals surface area contributed by atoms with E-state index in [9.17, 15) is 4.39 Å². The van der Waals surface area contributed by atoms with Crippen LogP contribution >= 0.6 is 0 Å². The Balaban J connectivity index is 2.47. The molecule has 0 spiro atoms. The Kier molecular flexibility index (Phi) is 3.52. The minimum absolute atomic E-state index is 0.00231. The third kappa shape index (κ3) is 2.20. The summed E-state index contributed by atoms with van der Waals surface area (Å²) in [5, 5.41) is 8.53. The summed E-state index contributed by atoms with van der Waals surface area (Å²) in [6.07, 6.45) is 4.27. The summed E-state index contributed by atoms with van der Waals surface area (Å²) in [6, 6.07) is 2.09. The predicted molar refractivity (Wildman–Crippen MR) is 46.2 cm³/mol. The lowest BCUT2D eigenvalue weighted by molar-refractivity contribution is 0.184. The first-order valence-electron chi connectivity index (χ1n) is 4.76. The van der Waals surface area contributed by atoms with E-state index in [1.54, 1.807) is 6.92 Å². The van der Waals surface area contributed by atoms with E-state index in [0.717, 1.165) is 12.8 Å². The SMILES string of the molecule is CC(F)C(CC#N)C1CCCC1. The van der Waals surface area contributed by atoms with Gasteiger partial charge in [-0.3, -0.25) is 0 Å². The smallest absolute Gasteiger partial charge is 0.101 e. The number of hydrogen-bond donors (Lipinski definition) is 0. The van der Waals surface area contributed by atoms with Crippen LogP contribution < -0.4 is 0 Å². The van der Waals surface area contributed by atoms with Gasteiger partial charge in [-0.2, -0.15) is 5.26 Å². The van der Waals surface area contributed by atoms with Gasteiger partial charge in [-0.05, 0) is 12.8 Å². The van der Waals surface area contributed by atoms with Crippen molar-refractivity contribution in [2.75, 3.05) is 0 Å². The Morgan fingerprint density at radius 1 is 1.50 bits per heavy atom. The van der Waals surface area contributed by atoms with Crippen LogP contribution in [0.1, 0.15) is 39.0 Å². The fourth-order valence-corrected chi connectivity index (χ4v) is 2.20. The van der Waals surface area contributed by atoms with E-state index in [1.807, 2.05) is 0 Å². The van der Waals surface area contributed by atoms with Crippen LogP contribution in [0.15, 0.2) is 0 Å². The lowest BCUT2D eigenvalue weighted by Gasteiger charge is -2.21. The average molecular weight is 169 g/mol. The van der Waals surface area contributed by atoms with Crippen molar-refractivity contribution >= 4 is 0 Å². The van der Waals surface area contributed by atoms with Crippen LogP contribution in [0.5, 0.6) is 0 Å². The summed E-state index contributed by atoms with van der Waals surface area (Å²) in [7, 11) is 0. The van der Waals surface area contributed by atoms with Crippen molar-refractivity contribution < 1.29 is 4.39 Å². The second-order valence-electron chi connectivity index (χ2n) is 3.75. The van der Waals surface area contributed by atoms with Crippen molar-refractivity contribution in [2.45, 2.75) is 45.2 Å². The van der Waals surface area contributed by atoms with Crippen molar-refractivity contribution in [3.8, 4) is 6.07 Å². The molecule has 1 rings (SSSR count). The van der Waals surface area contributed by atoms with Crippen LogP contribution in [0.2, 0.25) is 0 Å². The fraction of sp³-hybridized carbons (Fsp3) is 0.900. The quantitative estimate of drug-likeness (QED) is 0.637. The molecule has 1 nitrogen and oxygen atoms in total. The Morgan fingerprint density at radius 3 is 2.50 bits per heavy atom. The third-order valence-electron chi connectivity index (χ3n) is 2.92. The minimum Gasteiger partial charge on any atom is -0.247 e. The van der Waals surface area contributed by atoms with Crippen molar-refractivity contribution in [3.05, 3.63) is 0 Å². The van der Waals surface area contributed by atoms with Crippen LogP contribution in [0.3, 0.4) is 0 Å². The normalized spacial score (nSPS) is 23.4. The van der Waals surface area contributed by atoms with Gasteiger partial charge in [-0.15, -0.1) is 0 Å². The highest BCUT2D eigenvalue weighted by molar-refractivity contribution is 4.85. The molecule has 2 unspecified atom stereocenters. The first-order valence-corrected chi connectivity index (χ1v) is 4.76. The molecule has 1 aliphatic rings. The van der Waals surface area contributed by atoms with Gasteiger partial charge in [0, 0.05) is 12.3 Å². The molecule has 1 fully saturated rings. The second kappa shape index (κ2) is 4.45. The molecule has 2 heteroatoms. The third-order valence-corrected chi connectivity index (χ3v) is 2.92. The molecule has 0 amide bonds. The maximum atomic E-state index is 13.1. The Labute approximate surface area is 73.6 Å². The number of nitriles is 1. The first kappa shape index (κ1) is 9.51. The van der Waals surface area contributed by atoms with E-state index < -0.39 is 6.17 Å². The predicted octanol–water partition coefficient (Wildman–Crippen LogP) is 3.06. The standard InChI is InChI=1S/C10H16FN/c1-8(11)10(6-7-12)9-4-2-3-5-9/h8-10H,2-6H2,1H3. The number of halogens is 1. The molecule has 0 aliphatic heterocycles. The van der Waals surface area contributed by atoms with Crippen molar-refractivity contribution in [1.82, 2.24) is 0 Å². The molecule has 0 saturated heterocycles. The molecule has 0 aromatic heterocycles. The zero-order valence-electron chi connectivity index (χ0n) is 7.59. The molecule has 68 valence electrons. The monoisotopic (exact) mass is 169 g/mol. The molecule has 1 aliphatic carbocycles. The van der Waals surface area contributed by atoms with E-state index in [0.29, 0.717) is 12.3 Å². The topological polar surface area (TPSA) is 23.8 Å². The molecule has 0 heterocycles. The lowest BCUT2D eigenvalue weighted by atomic mass is 9.85. The summed E-state index contributed by atoms with van der Waals surface area (Å²) in [4.78, 5) is 0. The van der Waals surface area contributed by atoms with Gasteiger partial charge in [0.15, 0.2) is 0 Å². The Morgan fingerprint density at radius 2 is 2.08 bits per heavy atom. The van der Waals surface area contributed by atoms with Gasteiger partial charge in [0.25, 0.3) is 0 Å². The number of hydrogen-bond acceptors (Lipinski definition) is 1. The molecule has 0 aromatic carbocycles. The molecule has 12 heavy (non-hydrogen) atoms. The highest BCUT2D eigenvalue weighted by Gasteiger charge is 2.28. The average Bonchev–Trinajstić information content (AvgIpc) is 2.51. The van der Waals surface area contributed by atoms with E-state index in [2.05, 4.69) is 6.07 Å². The van der Waals surface area contributed by atoms with Gasteiger partial charge < -0.3 is 0 Å². The van der Waals surface area contributed by atoms with E-state index in [-0.39, 0.29) is 5.92 Å². The zero-order valence-corrected chi connectivity index (χ0v) is 7.59. The largest absolute Gasteiger partial charge is 0.247 e. The van der Waals surface area contributed by atoms with Crippen LogP contribution in [-0.2, 0) is 0 Å². The van der Waals surface area contributed by atoms with Gasteiger partial charge in [-0.25, -0.2) is 4.39 Å². The molecule has 0 aromatic rings. The van der Waals surface area contributed by atoms with Crippen LogP contribution in [-0.4, -0.2) is 6.17 Å². The molecule has 0 bridgehead atoms. The molecular weight excluding hydrogens is 153 g/mol. The maximum Gasteiger partial charge on any atom is 0.101 e. The molecule has 2 atom stereocenters. The van der Waals surface area contributed by atoms with Crippen molar-refractivity contribution in [2.24, 2.45) is 11.8 Å². The second-order valence-corrected chi connectivity index (χ2v) is 3.75. The Hall–Kier alpha value is -0.580.